The van der Waals surface area contributed by atoms with Gasteiger partial charge in [0, 0.05) is 28.6 Å². The lowest BCUT2D eigenvalue weighted by Gasteiger charge is -2.22. The molecule has 0 aliphatic rings. The van der Waals surface area contributed by atoms with Gasteiger partial charge >= 0.3 is 0 Å². The van der Waals surface area contributed by atoms with E-state index < -0.39 is 0 Å². The quantitative estimate of drug-likeness (QED) is 0.610. The molecular weight excluding hydrogens is 412 g/mol. The fraction of sp³-hybridized carbons (Fsp3) is 0.200. The minimum absolute atomic E-state index is 0.0665. The minimum atomic E-state index is -0.0665. The van der Waals surface area contributed by atoms with E-state index in [0.29, 0.717) is 18.1 Å². The highest BCUT2D eigenvalue weighted by molar-refractivity contribution is 9.10. The van der Waals surface area contributed by atoms with Crippen LogP contribution in [0.15, 0.2) is 59.2 Å². The van der Waals surface area contributed by atoms with Gasteiger partial charge in [-0.1, -0.05) is 46.3 Å². The number of amides is 1. The molecule has 0 saturated carbocycles. The Morgan fingerprint density at radius 2 is 1.92 bits per heavy atom. The Morgan fingerprint density at radius 3 is 2.58 bits per heavy atom. The summed E-state index contributed by atoms with van der Waals surface area (Å²) in [5, 5.41) is 9.98. The third-order valence-electron chi connectivity index (χ3n) is 4.01. The number of thiazole rings is 1. The van der Waals surface area contributed by atoms with Crippen molar-refractivity contribution in [1.82, 2.24) is 9.88 Å². The van der Waals surface area contributed by atoms with E-state index in [1.54, 1.807) is 18.3 Å². The van der Waals surface area contributed by atoms with Crippen LogP contribution in [0.5, 0.6) is 5.75 Å². The Hall–Kier alpha value is -2.18. The van der Waals surface area contributed by atoms with Crippen molar-refractivity contribution in [3.05, 3.63) is 80.2 Å². The van der Waals surface area contributed by atoms with Crippen LogP contribution in [0.1, 0.15) is 25.8 Å². The molecule has 26 heavy (non-hydrogen) atoms. The van der Waals surface area contributed by atoms with Crippen LogP contribution in [-0.4, -0.2) is 27.4 Å². The summed E-state index contributed by atoms with van der Waals surface area (Å²) in [4.78, 5) is 20.0. The lowest BCUT2D eigenvalue weighted by Crippen LogP contribution is -2.32. The number of nitrogens with zero attached hydrogens (tertiary/aromatic N) is 2. The Balaban J connectivity index is 1.79. The molecular formula is C20H19BrN2O2S. The van der Waals surface area contributed by atoms with Crippen molar-refractivity contribution in [3.8, 4) is 5.75 Å². The number of benzene rings is 2. The number of hydrogen-bond acceptors (Lipinski definition) is 4. The number of aromatic nitrogens is 1. The molecule has 1 amide bonds. The van der Waals surface area contributed by atoms with Gasteiger partial charge in [0.05, 0.1) is 0 Å². The molecule has 4 nitrogen and oxygen atoms in total. The van der Waals surface area contributed by atoms with Crippen molar-refractivity contribution >= 4 is 33.2 Å². The SMILES string of the molecule is Cc1cnc(C(=O)N(CCc2ccccc2Br)Cc2ccc(O)cc2)s1. The summed E-state index contributed by atoms with van der Waals surface area (Å²) in [7, 11) is 0. The molecule has 134 valence electrons. The molecule has 0 fully saturated rings. The van der Waals surface area contributed by atoms with Crippen LogP contribution in [0.2, 0.25) is 0 Å². The van der Waals surface area contributed by atoms with Gasteiger partial charge in [-0.2, -0.15) is 0 Å². The van der Waals surface area contributed by atoms with E-state index in [0.717, 1.165) is 26.9 Å². The van der Waals surface area contributed by atoms with Gasteiger partial charge < -0.3 is 10.0 Å². The minimum Gasteiger partial charge on any atom is -0.508 e. The number of aromatic hydroxyl groups is 1. The molecule has 0 radical (unpaired) electrons. The van der Waals surface area contributed by atoms with Crippen molar-refractivity contribution < 1.29 is 9.90 Å². The van der Waals surface area contributed by atoms with E-state index >= 15 is 0 Å². The number of phenols is 1. The summed E-state index contributed by atoms with van der Waals surface area (Å²) in [6.45, 7) is 3.00. The highest BCUT2D eigenvalue weighted by Crippen LogP contribution is 2.20. The smallest absolute Gasteiger partial charge is 0.283 e. The average molecular weight is 431 g/mol. The first-order chi connectivity index (χ1) is 12.5. The largest absolute Gasteiger partial charge is 0.508 e. The van der Waals surface area contributed by atoms with E-state index in [4.69, 9.17) is 0 Å². The zero-order valence-corrected chi connectivity index (χ0v) is 16.8. The lowest BCUT2D eigenvalue weighted by atomic mass is 10.1. The van der Waals surface area contributed by atoms with Gasteiger partial charge in [-0.05, 0) is 42.7 Å². The molecule has 6 heteroatoms. The van der Waals surface area contributed by atoms with Crippen molar-refractivity contribution in [2.24, 2.45) is 0 Å². The molecule has 0 spiro atoms. The lowest BCUT2D eigenvalue weighted by molar-refractivity contribution is 0.0744. The van der Waals surface area contributed by atoms with Crippen LogP contribution >= 0.6 is 27.3 Å². The van der Waals surface area contributed by atoms with Gasteiger partial charge in [-0.25, -0.2) is 4.98 Å². The van der Waals surface area contributed by atoms with Crippen LogP contribution in [-0.2, 0) is 13.0 Å². The predicted octanol–water partition coefficient (Wildman–Crippen LogP) is 4.80. The number of rotatable bonds is 6. The Morgan fingerprint density at radius 1 is 1.19 bits per heavy atom. The highest BCUT2D eigenvalue weighted by Gasteiger charge is 2.19. The normalized spacial score (nSPS) is 10.7. The highest BCUT2D eigenvalue weighted by atomic mass is 79.9. The van der Waals surface area contributed by atoms with E-state index in [-0.39, 0.29) is 11.7 Å². The second-order valence-electron chi connectivity index (χ2n) is 6.01. The van der Waals surface area contributed by atoms with Gasteiger partial charge in [0.1, 0.15) is 5.75 Å². The monoisotopic (exact) mass is 430 g/mol. The molecule has 0 saturated heterocycles. The first-order valence-corrected chi connectivity index (χ1v) is 9.87. The zero-order valence-electron chi connectivity index (χ0n) is 14.4. The second kappa shape index (κ2) is 8.47. The van der Waals surface area contributed by atoms with Crippen molar-refractivity contribution in [1.29, 1.82) is 0 Å². The molecule has 0 atom stereocenters. The topological polar surface area (TPSA) is 53.4 Å². The molecule has 3 rings (SSSR count). The molecule has 3 aromatic rings. The average Bonchev–Trinajstić information content (AvgIpc) is 3.07. The van der Waals surface area contributed by atoms with Crippen molar-refractivity contribution in [3.63, 3.8) is 0 Å². The summed E-state index contributed by atoms with van der Waals surface area (Å²) in [5.74, 6) is 0.151. The number of hydrogen-bond donors (Lipinski definition) is 1. The molecule has 0 aliphatic carbocycles. The molecule has 0 aliphatic heterocycles. The van der Waals surface area contributed by atoms with Gasteiger partial charge in [0.25, 0.3) is 5.91 Å². The number of halogens is 1. The Bertz CT molecular complexity index is 893. The van der Waals surface area contributed by atoms with Crippen LogP contribution < -0.4 is 0 Å². The summed E-state index contributed by atoms with van der Waals surface area (Å²) in [6.07, 6.45) is 2.47. The van der Waals surface area contributed by atoms with Gasteiger partial charge in [-0.15, -0.1) is 11.3 Å². The fourth-order valence-corrected chi connectivity index (χ4v) is 3.83. The summed E-state index contributed by atoms with van der Waals surface area (Å²) in [6, 6.07) is 15.0. The standard InChI is InChI=1S/C20H19BrN2O2S/c1-14-12-22-19(26-14)20(25)23(13-15-6-8-17(24)9-7-15)11-10-16-4-2-3-5-18(16)21/h2-9,12,24H,10-11,13H2,1H3. The van der Waals surface area contributed by atoms with Gasteiger partial charge in [-0.3, -0.25) is 4.79 Å². The number of carbonyl (C=O) groups is 1. The second-order valence-corrected chi connectivity index (χ2v) is 8.10. The summed E-state index contributed by atoms with van der Waals surface area (Å²) < 4.78 is 1.04. The maximum Gasteiger partial charge on any atom is 0.283 e. The van der Waals surface area contributed by atoms with E-state index in [1.165, 1.54) is 11.3 Å². The summed E-state index contributed by atoms with van der Waals surface area (Å²) in [5.41, 5.74) is 2.13. The molecule has 0 unspecified atom stereocenters. The molecule has 2 aromatic carbocycles. The molecule has 1 N–H and O–H groups in total. The fourth-order valence-electron chi connectivity index (χ4n) is 2.62. The maximum absolute atomic E-state index is 12.9. The van der Waals surface area contributed by atoms with E-state index in [2.05, 4.69) is 27.0 Å². The molecule has 0 bridgehead atoms. The number of aryl methyl sites for hydroxylation is 1. The first-order valence-electron chi connectivity index (χ1n) is 8.26. The summed E-state index contributed by atoms with van der Waals surface area (Å²) >= 11 is 4.98. The van der Waals surface area contributed by atoms with Gasteiger partial charge in [0.2, 0.25) is 0 Å². The number of carbonyl (C=O) groups excluding carboxylic acids is 1. The van der Waals surface area contributed by atoms with Gasteiger partial charge in [0.15, 0.2) is 5.01 Å². The predicted molar refractivity (Wildman–Crippen MR) is 108 cm³/mol. The van der Waals surface area contributed by atoms with Crippen LogP contribution in [0.25, 0.3) is 0 Å². The Kier molecular flexibility index (Phi) is 6.06. The van der Waals surface area contributed by atoms with Crippen molar-refractivity contribution in [2.75, 3.05) is 6.54 Å². The van der Waals surface area contributed by atoms with E-state index in [1.807, 2.05) is 42.2 Å². The molecule has 1 heterocycles. The van der Waals surface area contributed by atoms with E-state index in [9.17, 15) is 9.90 Å². The number of phenolic OH excluding ortho intramolecular Hbond substituents is 1. The first kappa shape index (κ1) is 18.6. The third-order valence-corrected chi connectivity index (χ3v) is 5.68. The van der Waals surface area contributed by atoms with Crippen molar-refractivity contribution in [2.45, 2.75) is 19.9 Å². The Labute approximate surface area is 165 Å². The maximum atomic E-state index is 12.9. The zero-order chi connectivity index (χ0) is 18.5. The van der Waals surface area contributed by atoms with Crippen LogP contribution in [0, 0.1) is 6.92 Å². The van der Waals surface area contributed by atoms with Crippen LogP contribution in [0.4, 0.5) is 0 Å². The molecule has 1 aromatic heterocycles. The van der Waals surface area contributed by atoms with Crippen LogP contribution in [0.3, 0.4) is 0 Å². The third kappa shape index (κ3) is 4.71.